The van der Waals surface area contributed by atoms with Gasteiger partial charge in [0.25, 0.3) is 10.0 Å². The van der Waals surface area contributed by atoms with Crippen LogP contribution < -0.4 is 10.5 Å². The van der Waals surface area contributed by atoms with Crippen molar-refractivity contribution in [3.8, 4) is 0 Å². The van der Waals surface area contributed by atoms with Gasteiger partial charge in [-0.25, -0.2) is 22.2 Å². The Morgan fingerprint density at radius 2 is 1.90 bits per heavy atom. The number of hydrogen-bond donors (Lipinski definition) is 2. The number of pyridine rings is 1. The van der Waals surface area contributed by atoms with E-state index in [1.54, 1.807) is 0 Å². The maximum atomic E-state index is 13.5. The van der Waals surface area contributed by atoms with E-state index in [9.17, 15) is 17.2 Å². The fourth-order valence-corrected chi connectivity index (χ4v) is 2.60. The standard InChI is InChI=1S/C11H8ClF2N3O2S/c12-6-1-2-11(16-5-6)17-20(18,19)10-4-9(15)7(13)3-8(10)14/h1-5H,15H2,(H,16,17). The quantitative estimate of drug-likeness (QED) is 0.851. The molecule has 2 aromatic rings. The average Bonchev–Trinajstić information content (AvgIpc) is 2.36. The van der Waals surface area contributed by atoms with Gasteiger partial charge in [0.05, 0.1) is 10.7 Å². The Labute approximate surface area is 118 Å². The molecule has 0 atom stereocenters. The molecule has 0 saturated heterocycles. The summed E-state index contributed by atoms with van der Waals surface area (Å²) in [6.45, 7) is 0. The van der Waals surface area contributed by atoms with Gasteiger partial charge in [-0.15, -0.1) is 0 Å². The van der Waals surface area contributed by atoms with Crippen LogP contribution in [0.1, 0.15) is 0 Å². The Kier molecular flexibility index (Phi) is 3.78. The number of rotatable bonds is 3. The van der Waals surface area contributed by atoms with E-state index in [-0.39, 0.29) is 5.82 Å². The van der Waals surface area contributed by atoms with Crippen molar-refractivity contribution in [2.75, 3.05) is 10.5 Å². The van der Waals surface area contributed by atoms with Gasteiger partial charge in [0.15, 0.2) is 0 Å². The van der Waals surface area contributed by atoms with Crippen LogP contribution >= 0.6 is 11.6 Å². The van der Waals surface area contributed by atoms with Crippen molar-refractivity contribution in [1.29, 1.82) is 0 Å². The lowest BCUT2D eigenvalue weighted by Crippen LogP contribution is -2.16. The second-order valence-corrected chi connectivity index (χ2v) is 5.86. The normalized spacial score (nSPS) is 11.3. The van der Waals surface area contributed by atoms with Crippen LogP contribution in [0.25, 0.3) is 0 Å². The molecule has 0 aliphatic rings. The molecule has 5 nitrogen and oxygen atoms in total. The summed E-state index contributed by atoms with van der Waals surface area (Å²) in [4.78, 5) is 2.94. The van der Waals surface area contributed by atoms with Crippen LogP contribution in [0.3, 0.4) is 0 Å². The fraction of sp³-hybridized carbons (Fsp3) is 0. The van der Waals surface area contributed by atoms with Gasteiger partial charge in [-0.2, -0.15) is 0 Å². The Hall–Kier alpha value is -1.93. The van der Waals surface area contributed by atoms with E-state index in [0.29, 0.717) is 17.2 Å². The molecular weight excluding hydrogens is 312 g/mol. The highest BCUT2D eigenvalue weighted by molar-refractivity contribution is 7.92. The van der Waals surface area contributed by atoms with Crippen molar-refractivity contribution in [3.05, 3.63) is 47.1 Å². The van der Waals surface area contributed by atoms with Crippen LogP contribution in [0.2, 0.25) is 5.02 Å². The van der Waals surface area contributed by atoms with Crippen molar-refractivity contribution in [2.45, 2.75) is 4.90 Å². The monoisotopic (exact) mass is 319 g/mol. The van der Waals surface area contributed by atoms with E-state index in [2.05, 4.69) is 4.98 Å². The van der Waals surface area contributed by atoms with Gasteiger partial charge >= 0.3 is 0 Å². The average molecular weight is 320 g/mol. The lowest BCUT2D eigenvalue weighted by molar-refractivity contribution is 0.553. The molecule has 0 fully saturated rings. The van der Waals surface area contributed by atoms with Crippen molar-refractivity contribution < 1.29 is 17.2 Å². The molecule has 9 heteroatoms. The fourth-order valence-electron chi connectivity index (χ4n) is 1.38. The molecule has 20 heavy (non-hydrogen) atoms. The maximum Gasteiger partial charge on any atom is 0.266 e. The van der Waals surface area contributed by atoms with Gasteiger partial charge in [-0.05, 0) is 18.2 Å². The highest BCUT2D eigenvalue weighted by Crippen LogP contribution is 2.23. The number of aromatic nitrogens is 1. The van der Waals surface area contributed by atoms with E-state index in [1.807, 2.05) is 4.72 Å². The first kappa shape index (κ1) is 14.5. The van der Waals surface area contributed by atoms with Crippen LogP contribution in [0.5, 0.6) is 0 Å². The summed E-state index contributed by atoms with van der Waals surface area (Å²) >= 11 is 5.61. The SMILES string of the molecule is Nc1cc(S(=O)(=O)Nc2ccc(Cl)cn2)c(F)cc1F. The topological polar surface area (TPSA) is 85.1 Å². The van der Waals surface area contributed by atoms with Gasteiger partial charge in [-0.1, -0.05) is 11.6 Å². The van der Waals surface area contributed by atoms with E-state index in [1.165, 1.54) is 18.3 Å². The first-order valence-corrected chi connectivity index (χ1v) is 7.04. The lowest BCUT2D eigenvalue weighted by Gasteiger charge is -2.09. The number of nitrogens with two attached hydrogens (primary N) is 1. The number of sulfonamides is 1. The third kappa shape index (κ3) is 2.97. The number of hydrogen-bond acceptors (Lipinski definition) is 4. The molecule has 0 unspecified atom stereocenters. The number of benzene rings is 1. The number of nitrogens with zero attached hydrogens (tertiary/aromatic N) is 1. The summed E-state index contributed by atoms with van der Waals surface area (Å²) in [6, 6.07) is 3.80. The predicted octanol–water partition coefficient (Wildman–Crippen LogP) is 2.40. The van der Waals surface area contributed by atoms with Gasteiger partial charge in [0.2, 0.25) is 0 Å². The van der Waals surface area contributed by atoms with E-state index >= 15 is 0 Å². The second-order valence-electron chi connectivity index (χ2n) is 3.77. The molecule has 1 aromatic carbocycles. The molecular formula is C11H8ClF2N3O2S. The van der Waals surface area contributed by atoms with E-state index < -0.39 is 32.2 Å². The summed E-state index contributed by atoms with van der Waals surface area (Å²) in [5.74, 6) is -2.35. The number of halogens is 3. The van der Waals surface area contributed by atoms with Gasteiger partial charge in [0, 0.05) is 12.3 Å². The van der Waals surface area contributed by atoms with Crippen LogP contribution in [-0.2, 0) is 10.0 Å². The molecule has 3 N–H and O–H groups in total. The van der Waals surface area contributed by atoms with Gasteiger partial charge in [0.1, 0.15) is 22.3 Å². The molecule has 0 amide bonds. The van der Waals surface area contributed by atoms with Crippen molar-refractivity contribution in [3.63, 3.8) is 0 Å². The van der Waals surface area contributed by atoms with Crippen LogP contribution in [0.15, 0.2) is 35.4 Å². The minimum Gasteiger partial charge on any atom is -0.396 e. The Bertz CT molecular complexity index is 751. The largest absolute Gasteiger partial charge is 0.396 e. The van der Waals surface area contributed by atoms with Crippen LogP contribution in [0, 0.1) is 11.6 Å². The number of anilines is 2. The summed E-state index contributed by atoms with van der Waals surface area (Å²) in [6.07, 6.45) is 1.22. The van der Waals surface area contributed by atoms with E-state index in [4.69, 9.17) is 17.3 Å². The first-order valence-electron chi connectivity index (χ1n) is 5.18. The summed E-state index contributed by atoms with van der Waals surface area (Å²) in [5.41, 5.74) is 4.76. The Morgan fingerprint density at radius 1 is 1.20 bits per heavy atom. The van der Waals surface area contributed by atoms with Gasteiger partial charge in [-0.3, -0.25) is 4.72 Å². The zero-order chi connectivity index (χ0) is 14.9. The third-order valence-corrected chi connectivity index (χ3v) is 3.90. The number of nitrogen functional groups attached to an aromatic ring is 1. The molecule has 0 saturated carbocycles. The highest BCUT2D eigenvalue weighted by Gasteiger charge is 2.21. The zero-order valence-corrected chi connectivity index (χ0v) is 11.3. The van der Waals surface area contributed by atoms with Crippen molar-refractivity contribution in [1.82, 2.24) is 4.98 Å². The predicted molar refractivity (Wildman–Crippen MR) is 70.8 cm³/mol. The first-order chi connectivity index (χ1) is 9.29. The summed E-state index contributed by atoms with van der Waals surface area (Å²) < 4.78 is 52.5. The molecule has 0 aliphatic heterocycles. The van der Waals surface area contributed by atoms with Crippen LogP contribution in [-0.4, -0.2) is 13.4 Å². The molecule has 2 rings (SSSR count). The lowest BCUT2D eigenvalue weighted by atomic mass is 10.3. The minimum atomic E-state index is -4.27. The second kappa shape index (κ2) is 5.22. The summed E-state index contributed by atoms with van der Waals surface area (Å²) in [7, 11) is -4.27. The molecule has 1 heterocycles. The van der Waals surface area contributed by atoms with Crippen molar-refractivity contribution >= 4 is 33.1 Å². The maximum absolute atomic E-state index is 13.5. The minimum absolute atomic E-state index is 0.0586. The molecule has 0 spiro atoms. The Morgan fingerprint density at radius 3 is 2.50 bits per heavy atom. The third-order valence-electron chi connectivity index (χ3n) is 2.31. The molecule has 1 aromatic heterocycles. The smallest absolute Gasteiger partial charge is 0.266 e. The summed E-state index contributed by atoms with van der Waals surface area (Å²) in [5, 5.41) is 0.310. The zero-order valence-electron chi connectivity index (χ0n) is 9.77. The molecule has 106 valence electrons. The highest BCUT2D eigenvalue weighted by atomic mass is 35.5. The number of nitrogens with one attached hydrogen (secondary N) is 1. The molecule has 0 bridgehead atoms. The molecule has 0 radical (unpaired) electrons. The Balaban J connectivity index is 2.40. The van der Waals surface area contributed by atoms with E-state index in [0.717, 1.165) is 0 Å². The van der Waals surface area contributed by atoms with Crippen molar-refractivity contribution in [2.24, 2.45) is 0 Å². The van der Waals surface area contributed by atoms with Gasteiger partial charge < -0.3 is 5.73 Å². The van der Waals surface area contributed by atoms with Crippen LogP contribution in [0.4, 0.5) is 20.3 Å². The molecule has 0 aliphatic carbocycles.